The highest BCUT2D eigenvalue weighted by Crippen LogP contribution is 2.26. The van der Waals surface area contributed by atoms with Crippen LogP contribution in [0.1, 0.15) is 18.5 Å². The zero-order valence-electron chi connectivity index (χ0n) is 13.0. The first-order valence-electron chi connectivity index (χ1n) is 7.30. The van der Waals surface area contributed by atoms with Crippen molar-refractivity contribution in [1.82, 2.24) is 14.9 Å². The van der Waals surface area contributed by atoms with E-state index in [0.717, 1.165) is 11.1 Å². The lowest BCUT2D eigenvalue weighted by atomic mass is 9.99. The van der Waals surface area contributed by atoms with E-state index in [9.17, 15) is 4.79 Å². The molecule has 0 bridgehead atoms. The Labute approximate surface area is 129 Å². The van der Waals surface area contributed by atoms with Gasteiger partial charge in [0.05, 0.1) is 17.2 Å². The molecule has 0 saturated heterocycles. The van der Waals surface area contributed by atoms with Gasteiger partial charge in [0.15, 0.2) is 0 Å². The van der Waals surface area contributed by atoms with Crippen molar-refractivity contribution in [2.45, 2.75) is 13.0 Å². The summed E-state index contributed by atoms with van der Waals surface area (Å²) in [4.78, 5) is 20.9. The van der Waals surface area contributed by atoms with Gasteiger partial charge in [0.2, 0.25) is 0 Å². The van der Waals surface area contributed by atoms with E-state index in [2.05, 4.69) is 60.2 Å². The Kier molecular flexibility index (Phi) is 3.77. The van der Waals surface area contributed by atoms with Gasteiger partial charge in [-0.05, 0) is 55.9 Å². The minimum Gasteiger partial charge on any atom is -0.313 e. The molecule has 0 amide bonds. The minimum atomic E-state index is -0.107. The third-order valence-corrected chi connectivity index (χ3v) is 4.12. The number of rotatable bonds is 3. The van der Waals surface area contributed by atoms with E-state index >= 15 is 0 Å². The highest BCUT2D eigenvalue weighted by molar-refractivity contribution is 5.83. The largest absolute Gasteiger partial charge is 0.313 e. The van der Waals surface area contributed by atoms with Crippen LogP contribution in [0.25, 0.3) is 22.0 Å². The summed E-state index contributed by atoms with van der Waals surface area (Å²) in [5, 5.41) is 0.617. The number of H-pyrrole nitrogens is 1. The fraction of sp³-hybridized carbons (Fsp3) is 0.222. The van der Waals surface area contributed by atoms with Crippen LogP contribution in [0, 0.1) is 0 Å². The first-order chi connectivity index (χ1) is 10.6. The number of fused-ring (bicyclic) bond motifs is 1. The number of benzene rings is 2. The van der Waals surface area contributed by atoms with Crippen molar-refractivity contribution in [2.75, 3.05) is 14.1 Å². The van der Waals surface area contributed by atoms with Gasteiger partial charge in [-0.2, -0.15) is 0 Å². The van der Waals surface area contributed by atoms with Crippen molar-refractivity contribution in [3.05, 3.63) is 64.7 Å². The summed E-state index contributed by atoms with van der Waals surface area (Å²) in [6.45, 7) is 2.17. The lowest BCUT2D eigenvalue weighted by Crippen LogP contribution is -2.16. The van der Waals surface area contributed by atoms with Gasteiger partial charge in [0, 0.05) is 6.04 Å². The normalized spacial score (nSPS) is 12.7. The summed E-state index contributed by atoms with van der Waals surface area (Å²) in [7, 11) is 4.14. The zero-order valence-corrected chi connectivity index (χ0v) is 13.0. The summed E-state index contributed by atoms with van der Waals surface area (Å²) in [6.07, 6.45) is 1.43. The second-order valence-electron chi connectivity index (χ2n) is 5.73. The molecule has 0 aliphatic carbocycles. The molecule has 22 heavy (non-hydrogen) atoms. The molecule has 3 rings (SSSR count). The smallest absolute Gasteiger partial charge is 0.258 e. The zero-order chi connectivity index (χ0) is 15.7. The molecule has 0 saturated carbocycles. The SMILES string of the molecule is C[C@H](c1cccc(-c2ccc3nc[nH]c(=O)c3c2)c1)N(C)C. The highest BCUT2D eigenvalue weighted by atomic mass is 16.1. The molecule has 4 nitrogen and oxygen atoms in total. The van der Waals surface area contributed by atoms with Crippen molar-refractivity contribution in [2.24, 2.45) is 0 Å². The van der Waals surface area contributed by atoms with E-state index < -0.39 is 0 Å². The van der Waals surface area contributed by atoms with Crippen LogP contribution < -0.4 is 5.56 Å². The molecule has 4 heteroatoms. The van der Waals surface area contributed by atoms with Crippen LogP contribution >= 0.6 is 0 Å². The Morgan fingerprint density at radius 3 is 2.64 bits per heavy atom. The summed E-state index contributed by atoms with van der Waals surface area (Å²) < 4.78 is 0. The maximum atomic E-state index is 11.9. The van der Waals surface area contributed by atoms with Crippen molar-refractivity contribution in [3.8, 4) is 11.1 Å². The Morgan fingerprint density at radius 1 is 1.09 bits per heavy atom. The number of hydrogen-bond acceptors (Lipinski definition) is 3. The van der Waals surface area contributed by atoms with Crippen molar-refractivity contribution in [3.63, 3.8) is 0 Å². The van der Waals surface area contributed by atoms with Crippen LogP contribution in [-0.4, -0.2) is 29.0 Å². The molecule has 0 aliphatic heterocycles. The molecular formula is C18H19N3O. The summed E-state index contributed by atoms with van der Waals surface area (Å²) in [5.41, 5.74) is 3.99. The van der Waals surface area contributed by atoms with Gasteiger partial charge < -0.3 is 9.88 Å². The average Bonchev–Trinajstić information content (AvgIpc) is 2.54. The Bertz CT molecular complexity index is 867. The maximum absolute atomic E-state index is 11.9. The monoisotopic (exact) mass is 293 g/mol. The van der Waals surface area contributed by atoms with Gasteiger partial charge in [0.1, 0.15) is 0 Å². The summed E-state index contributed by atoms with van der Waals surface area (Å²) in [6, 6.07) is 14.6. The lowest BCUT2D eigenvalue weighted by molar-refractivity contribution is 0.321. The van der Waals surface area contributed by atoms with Gasteiger partial charge in [0.25, 0.3) is 5.56 Å². The number of aromatic amines is 1. The highest BCUT2D eigenvalue weighted by Gasteiger charge is 2.09. The van der Waals surface area contributed by atoms with Gasteiger partial charge in [-0.25, -0.2) is 4.98 Å². The fourth-order valence-corrected chi connectivity index (χ4v) is 2.52. The van der Waals surface area contributed by atoms with E-state index in [0.29, 0.717) is 16.9 Å². The minimum absolute atomic E-state index is 0.107. The van der Waals surface area contributed by atoms with Crippen LogP contribution in [-0.2, 0) is 0 Å². The van der Waals surface area contributed by atoms with Crippen LogP contribution in [0.5, 0.6) is 0 Å². The lowest BCUT2D eigenvalue weighted by Gasteiger charge is -2.20. The van der Waals surface area contributed by atoms with Crippen molar-refractivity contribution < 1.29 is 0 Å². The maximum Gasteiger partial charge on any atom is 0.258 e. The average molecular weight is 293 g/mol. The van der Waals surface area contributed by atoms with E-state index in [1.54, 1.807) is 0 Å². The Balaban J connectivity index is 2.10. The molecule has 0 aliphatic rings. The molecule has 0 radical (unpaired) electrons. The second-order valence-corrected chi connectivity index (χ2v) is 5.73. The molecule has 0 unspecified atom stereocenters. The quantitative estimate of drug-likeness (QED) is 0.806. The van der Waals surface area contributed by atoms with Crippen molar-refractivity contribution >= 4 is 10.9 Å². The van der Waals surface area contributed by atoms with Crippen LogP contribution in [0.15, 0.2) is 53.6 Å². The molecule has 0 fully saturated rings. The molecule has 112 valence electrons. The molecule has 0 spiro atoms. The van der Waals surface area contributed by atoms with E-state index in [1.807, 2.05) is 18.2 Å². The second kappa shape index (κ2) is 5.73. The van der Waals surface area contributed by atoms with Crippen LogP contribution in [0.2, 0.25) is 0 Å². The predicted octanol–water partition coefficient (Wildman–Crippen LogP) is 3.21. The van der Waals surface area contributed by atoms with Crippen LogP contribution in [0.4, 0.5) is 0 Å². The molecule has 1 N–H and O–H groups in total. The first-order valence-corrected chi connectivity index (χ1v) is 7.30. The molecule has 2 aromatic carbocycles. The standard InChI is InChI=1S/C18H19N3O/c1-12(21(2)3)13-5-4-6-14(9-13)15-7-8-17-16(10-15)18(22)20-11-19-17/h4-12H,1-3H3,(H,19,20,22)/t12-/m1/s1. The number of nitrogens with one attached hydrogen (secondary N) is 1. The van der Waals surface area contributed by atoms with E-state index in [1.165, 1.54) is 11.9 Å². The molecular weight excluding hydrogens is 274 g/mol. The van der Waals surface area contributed by atoms with Gasteiger partial charge >= 0.3 is 0 Å². The van der Waals surface area contributed by atoms with Crippen molar-refractivity contribution in [1.29, 1.82) is 0 Å². The summed E-state index contributed by atoms with van der Waals surface area (Å²) >= 11 is 0. The van der Waals surface area contributed by atoms with Gasteiger partial charge in [-0.1, -0.05) is 24.3 Å². The fourth-order valence-electron chi connectivity index (χ4n) is 2.52. The summed E-state index contributed by atoms with van der Waals surface area (Å²) in [5.74, 6) is 0. The third-order valence-electron chi connectivity index (χ3n) is 4.12. The topological polar surface area (TPSA) is 49.0 Å². The Hall–Kier alpha value is -2.46. The van der Waals surface area contributed by atoms with E-state index in [4.69, 9.17) is 0 Å². The molecule has 1 aromatic heterocycles. The molecule has 1 atom stereocenters. The molecule has 1 heterocycles. The molecule has 3 aromatic rings. The Morgan fingerprint density at radius 2 is 1.86 bits per heavy atom. The number of hydrogen-bond donors (Lipinski definition) is 1. The number of aromatic nitrogens is 2. The third kappa shape index (κ3) is 2.65. The van der Waals surface area contributed by atoms with Gasteiger partial charge in [-0.3, -0.25) is 4.79 Å². The predicted molar refractivity (Wildman–Crippen MR) is 89.9 cm³/mol. The van der Waals surface area contributed by atoms with Gasteiger partial charge in [-0.15, -0.1) is 0 Å². The van der Waals surface area contributed by atoms with Crippen LogP contribution in [0.3, 0.4) is 0 Å². The number of nitrogens with zero attached hydrogens (tertiary/aromatic N) is 2. The first kappa shape index (κ1) is 14.5. The van der Waals surface area contributed by atoms with E-state index in [-0.39, 0.29) is 5.56 Å².